The number of carbonyl (C=O) groups excluding carboxylic acids is 1. The number of rotatable bonds is 4. The SMILES string of the molecule is CN(C(=O)OC(C)(C)C)C1CCC(NCc2sccc2N)CC1. The zero-order chi connectivity index (χ0) is 17.0. The summed E-state index contributed by atoms with van der Waals surface area (Å²) in [5.74, 6) is 0. The molecule has 2 rings (SSSR count). The Morgan fingerprint density at radius 3 is 2.57 bits per heavy atom. The van der Waals surface area contributed by atoms with Gasteiger partial charge in [0.05, 0.1) is 0 Å². The van der Waals surface area contributed by atoms with Crippen LogP contribution in [0.2, 0.25) is 0 Å². The molecular weight excluding hydrogens is 310 g/mol. The lowest BCUT2D eigenvalue weighted by Gasteiger charge is -2.35. The molecule has 0 saturated heterocycles. The second kappa shape index (κ2) is 7.53. The van der Waals surface area contributed by atoms with Crippen LogP contribution in [0.25, 0.3) is 0 Å². The number of nitrogens with one attached hydrogen (secondary N) is 1. The van der Waals surface area contributed by atoms with Crippen LogP contribution < -0.4 is 11.1 Å². The molecule has 0 atom stereocenters. The van der Waals surface area contributed by atoms with Gasteiger partial charge in [-0.3, -0.25) is 0 Å². The van der Waals surface area contributed by atoms with E-state index in [9.17, 15) is 4.79 Å². The quantitative estimate of drug-likeness (QED) is 0.879. The molecule has 5 nitrogen and oxygen atoms in total. The molecule has 0 aromatic carbocycles. The maximum atomic E-state index is 12.1. The molecule has 130 valence electrons. The molecule has 0 radical (unpaired) electrons. The molecular formula is C17H29N3O2S. The average Bonchev–Trinajstić information content (AvgIpc) is 2.88. The molecule has 0 aliphatic heterocycles. The minimum Gasteiger partial charge on any atom is -0.444 e. The number of amides is 1. The summed E-state index contributed by atoms with van der Waals surface area (Å²) in [6.07, 6.45) is 3.94. The van der Waals surface area contributed by atoms with Crippen LogP contribution in [0, 0.1) is 0 Å². The Hall–Kier alpha value is -1.27. The van der Waals surface area contributed by atoms with E-state index in [0.29, 0.717) is 6.04 Å². The van der Waals surface area contributed by atoms with Crippen LogP contribution >= 0.6 is 11.3 Å². The fourth-order valence-corrected chi connectivity index (χ4v) is 3.63. The molecule has 1 heterocycles. The molecule has 1 aromatic heterocycles. The zero-order valence-electron chi connectivity index (χ0n) is 14.6. The highest BCUT2D eigenvalue weighted by atomic mass is 32.1. The number of carbonyl (C=O) groups is 1. The van der Waals surface area contributed by atoms with Gasteiger partial charge in [-0.1, -0.05) is 0 Å². The van der Waals surface area contributed by atoms with Crippen molar-refractivity contribution in [1.82, 2.24) is 10.2 Å². The number of hydrogen-bond acceptors (Lipinski definition) is 5. The van der Waals surface area contributed by atoms with Crippen LogP contribution in [0.5, 0.6) is 0 Å². The average molecular weight is 340 g/mol. The van der Waals surface area contributed by atoms with E-state index >= 15 is 0 Å². The number of nitrogen functional groups attached to an aromatic ring is 1. The molecule has 1 aliphatic rings. The molecule has 1 aliphatic carbocycles. The third-order valence-corrected chi connectivity index (χ3v) is 5.19. The van der Waals surface area contributed by atoms with Crippen molar-refractivity contribution in [2.45, 2.75) is 70.7 Å². The van der Waals surface area contributed by atoms with Gasteiger partial charge in [0.15, 0.2) is 0 Å². The van der Waals surface area contributed by atoms with E-state index < -0.39 is 5.60 Å². The first kappa shape index (κ1) is 18.1. The number of nitrogens with two attached hydrogens (primary N) is 1. The molecule has 1 amide bonds. The van der Waals surface area contributed by atoms with Crippen LogP contribution in [-0.4, -0.2) is 35.7 Å². The van der Waals surface area contributed by atoms with Crippen LogP contribution in [-0.2, 0) is 11.3 Å². The first-order chi connectivity index (χ1) is 10.8. The van der Waals surface area contributed by atoms with Gasteiger partial charge < -0.3 is 20.7 Å². The van der Waals surface area contributed by atoms with E-state index in [2.05, 4.69) is 5.32 Å². The van der Waals surface area contributed by atoms with Gasteiger partial charge in [-0.05, 0) is 57.9 Å². The summed E-state index contributed by atoms with van der Waals surface area (Å²) in [6, 6.07) is 2.73. The predicted octanol–water partition coefficient (Wildman–Crippen LogP) is 3.60. The van der Waals surface area contributed by atoms with Gasteiger partial charge in [-0.25, -0.2) is 4.79 Å². The number of hydrogen-bond donors (Lipinski definition) is 2. The monoisotopic (exact) mass is 339 g/mol. The Balaban J connectivity index is 1.75. The smallest absolute Gasteiger partial charge is 0.410 e. The summed E-state index contributed by atoms with van der Waals surface area (Å²) in [5.41, 5.74) is 6.35. The van der Waals surface area contributed by atoms with E-state index in [-0.39, 0.29) is 12.1 Å². The highest BCUT2D eigenvalue weighted by Crippen LogP contribution is 2.25. The third kappa shape index (κ3) is 5.39. The van der Waals surface area contributed by atoms with E-state index in [4.69, 9.17) is 10.5 Å². The summed E-state index contributed by atoms with van der Waals surface area (Å²) in [6.45, 7) is 6.53. The fourth-order valence-electron chi connectivity index (χ4n) is 2.88. The molecule has 0 unspecified atom stereocenters. The Bertz CT molecular complexity index is 516. The predicted molar refractivity (Wildman–Crippen MR) is 95.6 cm³/mol. The first-order valence-corrected chi connectivity index (χ1v) is 9.15. The van der Waals surface area contributed by atoms with Gasteiger partial charge in [0, 0.05) is 36.2 Å². The topological polar surface area (TPSA) is 67.6 Å². The number of thiophene rings is 1. The summed E-state index contributed by atoms with van der Waals surface area (Å²) in [7, 11) is 1.85. The van der Waals surface area contributed by atoms with Crippen molar-refractivity contribution in [3.63, 3.8) is 0 Å². The molecule has 3 N–H and O–H groups in total. The van der Waals surface area contributed by atoms with E-state index in [1.807, 2.05) is 39.3 Å². The third-order valence-electron chi connectivity index (χ3n) is 4.26. The van der Waals surface area contributed by atoms with Gasteiger partial charge in [0.25, 0.3) is 0 Å². The first-order valence-electron chi connectivity index (χ1n) is 8.27. The number of anilines is 1. The van der Waals surface area contributed by atoms with Crippen molar-refractivity contribution in [1.29, 1.82) is 0 Å². The Labute approximate surface area is 143 Å². The summed E-state index contributed by atoms with van der Waals surface area (Å²) >= 11 is 1.70. The van der Waals surface area contributed by atoms with Crippen molar-refractivity contribution in [2.24, 2.45) is 0 Å². The lowest BCUT2D eigenvalue weighted by molar-refractivity contribution is 0.0179. The van der Waals surface area contributed by atoms with Crippen molar-refractivity contribution < 1.29 is 9.53 Å². The van der Waals surface area contributed by atoms with Gasteiger partial charge in [0.1, 0.15) is 5.60 Å². The van der Waals surface area contributed by atoms with Crippen molar-refractivity contribution >= 4 is 23.1 Å². The molecule has 1 aromatic rings. The number of nitrogens with zero attached hydrogens (tertiary/aromatic N) is 1. The second-order valence-corrected chi connectivity index (χ2v) is 8.28. The number of ether oxygens (including phenoxy) is 1. The van der Waals surface area contributed by atoms with Gasteiger partial charge in [-0.15, -0.1) is 11.3 Å². The fraction of sp³-hybridized carbons (Fsp3) is 0.706. The summed E-state index contributed by atoms with van der Waals surface area (Å²) in [5, 5.41) is 5.61. The maximum Gasteiger partial charge on any atom is 0.410 e. The highest BCUT2D eigenvalue weighted by Gasteiger charge is 2.29. The van der Waals surface area contributed by atoms with E-state index in [1.54, 1.807) is 16.2 Å². The molecule has 1 saturated carbocycles. The van der Waals surface area contributed by atoms with Gasteiger partial charge >= 0.3 is 6.09 Å². The van der Waals surface area contributed by atoms with Crippen LogP contribution in [0.1, 0.15) is 51.3 Å². The largest absolute Gasteiger partial charge is 0.444 e. The van der Waals surface area contributed by atoms with E-state index in [1.165, 1.54) is 4.88 Å². The molecule has 6 heteroatoms. The standard InChI is InChI=1S/C17H29N3O2S/c1-17(2,3)22-16(21)20(4)13-7-5-12(6-8-13)19-11-15-14(18)9-10-23-15/h9-10,12-13,19H,5-8,11,18H2,1-4H3. The summed E-state index contributed by atoms with van der Waals surface area (Å²) < 4.78 is 5.45. The van der Waals surface area contributed by atoms with Crippen molar-refractivity contribution in [3.8, 4) is 0 Å². The van der Waals surface area contributed by atoms with Crippen LogP contribution in [0.3, 0.4) is 0 Å². The minimum atomic E-state index is -0.440. The highest BCUT2D eigenvalue weighted by molar-refractivity contribution is 7.10. The Morgan fingerprint density at radius 1 is 1.39 bits per heavy atom. The molecule has 1 fully saturated rings. The Morgan fingerprint density at radius 2 is 2.04 bits per heavy atom. The normalized spacial score (nSPS) is 21.9. The van der Waals surface area contributed by atoms with Crippen molar-refractivity contribution in [3.05, 3.63) is 16.3 Å². The zero-order valence-corrected chi connectivity index (χ0v) is 15.4. The minimum absolute atomic E-state index is 0.222. The van der Waals surface area contributed by atoms with Gasteiger partial charge in [0.2, 0.25) is 0 Å². The lowest BCUT2D eigenvalue weighted by atomic mass is 9.90. The molecule has 23 heavy (non-hydrogen) atoms. The lowest BCUT2D eigenvalue weighted by Crippen LogP contribution is -2.44. The second-order valence-electron chi connectivity index (χ2n) is 7.28. The molecule has 0 spiro atoms. The van der Waals surface area contributed by atoms with Crippen LogP contribution in [0.4, 0.5) is 10.5 Å². The van der Waals surface area contributed by atoms with Crippen LogP contribution in [0.15, 0.2) is 11.4 Å². The van der Waals surface area contributed by atoms with Gasteiger partial charge in [-0.2, -0.15) is 0 Å². The maximum absolute atomic E-state index is 12.1. The Kier molecular flexibility index (Phi) is 5.92. The van der Waals surface area contributed by atoms with Crippen molar-refractivity contribution in [2.75, 3.05) is 12.8 Å². The summed E-state index contributed by atoms with van der Waals surface area (Å²) in [4.78, 5) is 15.1. The molecule has 0 bridgehead atoms. The van der Waals surface area contributed by atoms with E-state index in [0.717, 1.165) is 37.9 Å².